The first-order valence-electron chi connectivity index (χ1n) is 8.18. The lowest BCUT2D eigenvalue weighted by molar-refractivity contribution is -0.116. The summed E-state index contributed by atoms with van der Waals surface area (Å²) < 4.78 is 1.75. The molecule has 0 atom stereocenters. The second-order valence-electron chi connectivity index (χ2n) is 5.88. The van der Waals surface area contributed by atoms with Gasteiger partial charge in [0.15, 0.2) is 5.82 Å². The zero-order chi connectivity index (χ0) is 17.1. The van der Waals surface area contributed by atoms with E-state index in [-0.39, 0.29) is 5.91 Å². The lowest BCUT2D eigenvalue weighted by Crippen LogP contribution is -2.12. The van der Waals surface area contributed by atoms with Crippen LogP contribution in [0.25, 0.3) is 15.5 Å². The molecule has 7 heteroatoms. The smallest absolute Gasteiger partial charge is 0.234 e. The van der Waals surface area contributed by atoms with Crippen LogP contribution in [0.3, 0.4) is 0 Å². The first kappa shape index (κ1) is 16.6. The molecule has 24 heavy (non-hydrogen) atoms. The molecule has 0 aliphatic rings. The van der Waals surface area contributed by atoms with Gasteiger partial charge in [-0.1, -0.05) is 31.1 Å². The largest absolute Gasteiger partial charge is 0.326 e. The number of amides is 1. The molecule has 1 N–H and O–H groups in total. The van der Waals surface area contributed by atoms with Gasteiger partial charge in [-0.15, -0.1) is 10.2 Å². The maximum atomic E-state index is 12.0. The number of aromatic nitrogens is 4. The highest BCUT2D eigenvalue weighted by Gasteiger charge is 2.12. The standard InChI is InChI=1S/C17H21N5OS/c1-4-5-6-7-15(23)18-14-9-8-13(10-11(14)2)16-21-22-12(3)19-20-17(22)24-16/h8-10H,4-7H2,1-3H3,(H,18,23). The predicted octanol–water partition coefficient (Wildman–Crippen LogP) is 3.99. The molecule has 6 nitrogen and oxygen atoms in total. The fourth-order valence-corrected chi connectivity index (χ4v) is 3.40. The van der Waals surface area contributed by atoms with Crippen molar-refractivity contribution >= 4 is 27.9 Å². The molecule has 0 aliphatic heterocycles. The maximum Gasteiger partial charge on any atom is 0.234 e. The summed E-state index contributed by atoms with van der Waals surface area (Å²) >= 11 is 1.50. The van der Waals surface area contributed by atoms with Gasteiger partial charge < -0.3 is 5.32 Å². The number of carbonyl (C=O) groups is 1. The second kappa shape index (κ2) is 7.09. The van der Waals surface area contributed by atoms with Crippen molar-refractivity contribution in [3.05, 3.63) is 29.6 Å². The third-order valence-electron chi connectivity index (χ3n) is 3.90. The van der Waals surface area contributed by atoms with Crippen LogP contribution in [0.4, 0.5) is 5.69 Å². The molecule has 0 saturated carbocycles. The molecular formula is C17H21N5OS. The molecule has 0 aliphatic carbocycles. The third kappa shape index (κ3) is 3.46. The number of unbranched alkanes of at least 4 members (excludes halogenated alkanes) is 2. The third-order valence-corrected chi connectivity index (χ3v) is 4.85. The van der Waals surface area contributed by atoms with Gasteiger partial charge in [-0.3, -0.25) is 4.79 Å². The topological polar surface area (TPSA) is 72.2 Å². The average molecular weight is 343 g/mol. The number of carbonyl (C=O) groups excluding carboxylic acids is 1. The Kier molecular flexibility index (Phi) is 4.89. The van der Waals surface area contributed by atoms with Gasteiger partial charge in [-0.25, -0.2) is 0 Å². The van der Waals surface area contributed by atoms with Crippen LogP contribution in [0.5, 0.6) is 0 Å². The summed E-state index contributed by atoms with van der Waals surface area (Å²) in [6.45, 7) is 6.01. The highest BCUT2D eigenvalue weighted by atomic mass is 32.1. The van der Waals surface area contributed by atoms with Gasteiger partial charge in [-0.2, -0.15) is 9.61 Å². The van der Waals surface area contributed by atoms with E-state index in [1.165, 1.54) is 11.3 Å². The molecule has 126 valence electrons. The Morgan fingerprint density at radius 3 is 2.79 bits per heavy atom. The zero-order valence-corrected chi connectivity index (χ0v) is 15.0. The molecule has 3 rings (SSSR count). The molecule has 0 bridgehead atoms. The highest BCUT2D eigenvalue weighted by Crippen LogP contribution is 2.28. The number of nitrogens with zero attached hydrogens (tertiary/aromatic N) is 4. The minimum Gasteiger partial charge on any atom is -0.326 e. The Hall–Kier alpha value is -2.28. The van der Waals surface area contributed by atoms with Crippen molar-refractivity contribution in [1.82, 2.24) is 19.8 Å². The number of anilines is 1. The van der Waals surface area contributed by atoms with Gasteiger partial charge in [0.25, 0.3) is 0 Å². The number of nitrogens with one attached hydrogen (secondary N) is 1. The first-order valence-corrected chi connectivity index (χ1v) is 9.00. The second-order valence-corrected chi connectivity index (χ2v) is 6.84. The number of hydrogen-bond acceptors (Lipinski definition) is 5. The molecule has 2 aromatic heterocycles. The minimum atomic E-state index is 0.0775. The van der Waals surface area contributed by atoms with Crippen LogP contribution in [0.2, 0.25) is 0 Å². The van der Waals surface area contributed by atoms with Crippen molar-refractivity contribution < 1.29 is 4.79 Å². The van der Waals surface area contributed by atoms with Crippen molar-refractivity contribution in [3.8, 4) is 10.6 Å². The molecule has 0 unspecified atom stereocenters. The van der Waals surface area contributed by atoms with Crippen LogP contribution >= 0.6 is 11.3 Å². The molecule has 1 amide bonds. The molecule has 0 spiro atoms. The van der Waals surface area contributed by atoms with E-state index in [1.807, 2.05) is 32.0 Å². The van der Waals surface area contributed by atoms with Crippen molar-refractivity contribution in [2.24, 2.45) is 0 Å². The summed E-state index contributed by atoms with van der Waals surface area (Å²) in [6, 6.07) is 5.97. The normalized spacial score (nSPS) is 11.1. The van der Waals surface area contributed by atoms with Crippen LogP contribution in [0.1, 0.15) is 44.0 Å². The lowest BCUT2D eigenvalue weighted by atomic mass is 10.1. The van der Waals surface area contributed by atoms with Gasteiger partial charge in [0, 0.05) is 17.7 Å². The van der Waals surface area contributed by atoms with E-state index in [2.05, 4.69) is 27.5 Å². The number of hydrogen-bond donors (Lipinski definition) is 1. The van der Waals surface area contributed by atoms with E-state index in [0.29, 0.717) is 6.42 Å². The maximum absolute atomic E-state index is 12.0. The Morgan fingerprint density at radius 1 is 1.25 bits per heavy atom. The zero-order valence-electron chi connectivity index (χ0n) is 14.2. The molecule has 0 fully saturated rings. The van der Waals surface area contributed by atoms with Crippen LogP contribution in [0, 0.1) is 13.8 Å². The number of fused-ring (bicyclic) bond motifs is 1. The average Bonchev–Trinajstić information content (AvgIpc) is 3.12. The molecule has 1 aromatic carbocycles. The van der Waals surface area contributed by atoms with Crippen molar-refractivity contribution in [2.75, 3.05) is 5.32 Å². The van der Waals surface area contributed by atoms with Crippen molar-refractivity contribution in [2.45, 2.75) is 46.5 Å². The predicted molar refractivity (Wildman–Crippen MR) is 96.3 cm³/mol. The number of rotatable bonds is 6. The van der Waals surface area contributed by atoms with Gasteiger partial charge >= 0.3 is 0 Å². The highest BCUT2D eigenvalue weighted by molar-refractivity contribution is 7.19. The summed E-state index contributed by atoms with van der Waals surface area (Å²) in [5.41, 5.74) is 2.91. The summed E-state index contributed by atoms with van der Waals surface area (Å²) in [6.07, 6.45) is 3.72. The van der Waals surface area contributed by atoms with E-state index < -0.39 is 0 Å². The Bertz CT molecular complexity index is 867. The van der Waals surface area contributed by atoms with E-state index in [1.54, 1.807) is 4.52 Å². The summed E-state index contributed by atoms with van der Waals surface area (Å²) in [5.74, 6) is 0.855. The fourth-order valence-electron chi connectivity index (χ4n) is 2.52. The first-order chi connectivity index (χ1) is 11.6. The quantitative estimate of drug-likeness (QED) is 0.687. The van der Waals surface area contributed by atoms with E-state index in [9.17, 15) is 4.79 Å². The minimum absolute atomic E-state index is 0.0775. The van der Waals surface area contributed by atoms with E-state index in [0.717, 1.165) is 51.9 Å². The molecule has 0 saturated heterocycles. The molecule has 3 aromatic rings. The van der Waals surface area contributed by atoms with Crippen LogP contribution in [-0.2, 0) is 4.79 Å². The Balaban J connectivity index is 1.75. The van der Waals surface area contributed by atoms with Crippen LogP contribution in [-0.4, -0.2) is 25.7 Å². The summed E-state index contributed by atoms with van der Waals surface area (Å²) in [5, 5.41) is 16.5. The van der Waals surface area contributed by atoms with Gasteiger partial charge in [0.2, 0.25) is 10.9 Å². The van der Waals surface area contributed by atoms with E-state index in [4.69, 9.17) is 0 Å². The van der Waals surface area contributed by atoms with Gasteiger partial charge in [0.05, 0.1) is 0 Å². The van der Waals surface area contributed by atoms with Gasteiger partial charge in [0.1, 0.15) is 5.01 Å². The number of aryl methyl sites for hydroxylation is 2. The van der Waals surface area contributed by atoms with Crippen molar-refractivity contribution in [3.63, 3.8) is 0 Å². The van der Waals surface area contributed by atoms with Gasteiger partial charge in [-0.05, 0) is 44.0 Å². The molecular weight excluding hydrogens is 322 g/mol. The molecule has 0 radical (unpaired) electrons. The SMILES string of the molecule is CCCCCC(=O)Nc1ccc(-c2nn3c(C)nnc3s2)cc1C. The Morgan fingerprint density at radius 2 is 2.08 bits per heavy atom. The number of benzene rings is 1. The molecule has 2 heterocycles. The Labute approximate surface area is 144 Å². The summed E-state index contributed by atoms with van der Waals surface area (Å²) in [4.78, 5) is 12.8. The van der Waals surface area contributed by atoms with Crippen LogP contribution < -0.4 is 5.32 Å². The monoisotopic (exact) mass is 343 g/mol. The summed E-state index contributed by atoms with van der Waals surface area (Å²) in [7, 11) is 0. The van der Waals surface area contributed by atoms with Crippen molar-refractivity contribution in [1.29, 1.82) is 0 Å². The van der Waals surface area contributed by atoms with E-state index >= 15 is 0 Å². The van der Waals surface area contributed by atoms with Crippen LogP contribution in [0.15, 0.2) is 18.2 Å². The lowest BCUT2D eigenvalue weighted by Gasteiger charge is -2.09. The fraction of sp³-hybridized carbons (Fsp3) is 0.412.